The van der Waals surface area contributed by atoms with Gasteiger partial charge >= 0.3 is 5.72 Å². The fourth-order valence-electron chi connectivity index (χ4n) is 2.59. The van der Waals surface area contributed by atoms with Crippen molar-refractivity contribution in [3.8, 4) is 0 Å². The summed E-state index contributed by atoms with van der Waals surface area (Å²) < 4.78 is 0. The monoisotopic (exact) mass is 403 g/mol. The standard InChI is InChI=1S/C20H21NO8/c22-15(11-13-7-3-1-4-8-13)17(24)19(26)20(27,21(28)29)18(25)16(23)12-14-9-5-2-6-10-14/h1-12,17-19,22-27H/t17-,18+,19+,20+/m0/s1. The summed E-state index contributed by atoms with van der Waals surface area (Å²) in [5, 5.41) is 72.3. The van der Waals surface area contributed by atoms with Crippen LogP contribution in [0.2, 0.25) is 0 Å². The van der Waals surface area contributed by atoms with Crippen LogP contribution < -0.4 is 0 Å². The maximum atomic E-state index is 11.4. The molecule has 0 radical (unpaired) electrons. The SMILES string of the molecule is O=[N+]([O-])[C@@](O)([C@H](O)C(O)=Cc1ccccc1)[C@H](O)[C@@H](O)C(O)=Cc1ccccc1. The highest BCUT2D eigenvalue weighted by molar-refractivity contribution is 5.53. The van der Waals surface area contributed by atoms with E-state index in [4.69, 9.17) is 0 Å². The molecule has 2 aromatic rings. The van der Waals surface area contributed by atoms with E-state index in [0.29, 0.717) is 11.1 Å². The van der Waals surface area contributed by atoms with Gasteiger partial charge in [-0.1, -0.05) is 60.7 Å². The molecule has 0 bridgehead atoms. The van der Waals surface area contributed by atoms with Gasteiger partial charge in [-0.15, -0.1) is 0 Å². The molecule has 9 nitrogen and oxygen atoms in total. The van der Waals surface area contributed by atoms with Crippen LogP contribution in [0.1, 0.15) is 11.1 Å². The fourth-order valence-corrected chi connectivity index (χ4v) is 2.59. The van der Waals surface area contributed by atoms with Gasteiger partial charge in [-0.3, -0.25) is 10.1 Å². The van der Waals surface area contributed by atoms with Gasteiger partial charge in [0.2, 0.25) is 6.10 Å². The number of rotatable bonds is 8. The summed E-state index contributed by atoms with van der Waals surface area (Å²) in [7, 11) is 0. The van der Waals surface area contributed by atoms with Crippen LogP contribution in [0.5, 0.6) is 0 Å². The lowest BCUT2D eigenvalue weighted by molar-refractivity contribution is -0.651. The predicted molar refractivity (Wildman–Crippen MR) is 104 cm³/mol. The van der Waals surface area contributed by atoms with Crippen molar-refractivity contribution in [1.29, 1.82) is 0 Å². The molecule has 0 aliphatic heterocycles. The van der Waals surface area contributed by atoms with Crippen molar-refractivity contribution in [1.82, 2.24) is 0 Å². The van der Waals surface area contributed by atoms with Crippen molar-refractivity contribution in [2.45, 2.75) is 24.0 Å². The molecular formula is C20H21NO8. The summed E-state index contributed by atoms with van der Waals surface area (Å²) in [4.78, 5) is 9.98. The highest BCUT2D eigenvalue weighted by Crippen LogP contribution is 2.27. The van der Waals surface area contributed by atoms with E-state index in [1.165, 1.54) is 12.1 Å². The van der Waals surface area contributed by atoms with Gasteiger partial charge in [-0.25, -0.2) is 0 Å². The van der Waals surface area contributed by atoms with E-state index in [1.54, 1.807) is 48.5 Å². The molecule has 0 saturated carbocycles. The third-order valence-corrected chi connectivity index (χ3v) is 4.24. The Morgan fingerprint density at radius 3 is 1.69 bits per heavy atom. The first-order chi connectivity index (χ1) is 13.7. The van der Waals surface area contributed by atoms with Crippen molar-refractivity contribution in [3.63, 3.8) is 0 Å². The zero-order chi connectivity index (χ0) is 21.6. The molecule has 0 aliphatic rings. The van der Waals surface area contributed by atoms with Gasteiger partial charge in [-0.2, -0.15) is 0 Å². The van der Waals surface area contributed by atoms with Crippen LogP contribution >= 0.6 is 0 Å². The number of benzene rings is 2. The molecule has 0 fully saturated rings. The van der Waals surface area contributed by atoms with E-state index < -0.39 is 40.5 Å². The van der Waals surface area contributed by atoms with Crippen LogP contribution in [0.3, 0.4) is 0 Å². The Labute approximate surface area is 165 Å². The lowest BCUT2D eigenvalue weighted by Gasteiger charge is -2.30. The van der Waals surface area contributed by atoms with Crippen molar-refractivity contribution in [2.24, 2.45) is 0 Å². The molecule has 0 spiro atoms. The van der Waals surface area contributed by atoms with Gasteiger partial charge in [0.1, 0.15) is 17.6 Å². The molecule has 0 aromatic heterocycles. The first-order valence-electron chi connectivity index (χ1n) is 8.50. The van der Waals surface area contributed by atoms with E-state index >= 15 is 0 Å². The molecule has 0 heterocycles. The van der Waals surface area contributed by atoms with E-state index in [2.05, 4.69) is 0 Å². The van der Waals surface area contributed by atoms with Crippen LogP contribution in [0.25, 0.3) is 12.2 Å². The first-order valence-corrected chi connectivity index (χ1v) is 8.50. The summed E-state index contributed by atoms with van der Waals surface area (Å²) in [6, 6.07) is 16.0. The predicted octanol–water partition coefficient (Wildman–Crippen LogP) is 1.23. The second kappa shape index (κ2) is 9.30. The Kier molecular flexibility index (Phi) is 7.08. The minimum atomic E-state index is -3.62. The van der Waals surface area contributed by atoms with Crippen molar-refractivity contribution in [2.75, 3.05) is 0 Å². The molecule has 2 rings (SSSR count). The molecule has 0 amide bonds. The van der Waals surface area contributed by atoms with Crippen LogP contribution in [-0.4, -0.2) is 59.6 Å². The molecule has 9 heteroatoms. The lowest BCUT2D eigenvalue weighted by Crippen LogP contribution is -2.62. The third-order valence-electron chi connectivity index (χ3n) is 4.24. The van der Waals surface area contributed by atoms with E-state index in [1.807, 2.05) is 0 Å². The normalized spacial score (nSPS) is 17.8. The van der Waals surface area contributed by atoms with Gasteiger partial charge in [0.25, 0.3) is 0 Å². The van der Waals surface area contributed by atoms with Gasteiger partial charge in [0.15, 0.2) is 6.10 Å². The fraction of sp³-hybridized carbons (Fsp3) is 0.200. The number of nitrogens with zero attached hydrogens (tertiary/aromatic N) is 1. The number of nitro groups is 1. The minimum Gasteiger partial charge on any atom is -0.509 e. The molecule has 2 aromatic carbocycles. The van der Waals surface area contributed by atoms with Gasteiger partial charge < -0.3 is 30.6 Å². The highest BCUT2D eigenvalue weighted by atomic mass is 16.7. The first kappa shape index (κ1) is 22.1. The molecule has 0 saturated heterocycles. The second-order valence-electron chi connectivity index (χ2n) is 6.29. The zero-order valence-corrected chi connectivity index (χ0v) is 15.1. The second-order valence-corrected chi connectivity index (χ2v) is 6.29. The minimum absolute atomic E-state index is 0.358. The van der Waals surface area contributed by atoms with Crippen LogP contribution in [0.15, 0.2) is 72.2 Å². The topological polar surface area (TPSA) is 165 Å². The van der Waals surface area contributed by atoms with Crippen LogP contribution in [0.4, 0.5) is 0 Å². The number of aliphatic hydroxyl groups is 6. The van der Waals surface area contributed by atoms with E-state index in [0.717, 1.165) is 12.2 Å². The lowest BCUT2D eigenvalue weighted by atomic mass is 9.92. The average Bonchev–Trinajstić information content (AvgIpc) is 2.72. The third kappa shape index (κ3) is 4.98. The summed E-state index contributed by atoms with van der Waals surface area (Å²) in [6.07, 6.45) is -5.63. The zero-order valence-electron chi connectivity index (χ0n) is 15.1. The summed E-state index contributed by atoms with van der Waals surface area (Å²) in [5.41, 5.74) is -2.85. The Hall–Kier alpha value is -3.24. The number of hydrogen-bond donors (Lipinski definition) is 6. The molecule has 154 valence electrons. The summed E-state index contributed by atoms with van der Waals surface area (Å²) in [6.45, 7) is 0. The Bertz CT molecular complexity index is 884. The Balaban J connectivity index is 2.33. The maximum Gasteiger partial charge on any atom is 0.384 e. The van der Waals surface area contributed by atoms with E-state index in [-0.39, 0.29) is 0 Å². The molecular weight excluding hydrogens is 382 g/mol. The van der Waals surface area contributed by atoms with Crippen LogP contribution in [0, 0.1) is 10.1 Å². The Morgan fingerprint density at radius 2 is 1.28 bits per heavy atom. The summed E-state index contributed by atoms with van der Waals surface area (Å²) in [5.74, 6) is -1.91. The Morgan fingerprint density at radius 1 is 0.862 bits per heavy atom. The van der Waals surface area contributed by atoms with Crippen LogP contribution in [-0.2, 0) is 0 Å². The van der Waals surface area contributed by atoms with E-state index in [9.17, 15) is 40.8 Å². The van der Waals surface area contributed by atoms with Gasteiger partial charge in [0, 0.05) is 0 Å². The summed E-state index contributed by atoms with van der Waals surface area (Å²) >= 11 is 0. The smallest absolute Gasteiger partial charge is 0.384 e. The average molecular weight is 403 g/mol. The van der Waals surface area contributed by atoms with Gasteiger partial charge in [-0.05, 0) is 23.3 Å². The molecule has 0 unspecified atom stereocenters. The maximum absolute atomic E-state index is 11.4. The van der Waals surface area contributed by atoms with Crippen molar-refractivity contribution < 1.29 is 35.6 Å². The number of aliphatic hydroxyl groups excluding tert-OH is 5. The van der Waals surface area contributed by atoms with Crippen molar-refractivity contribution >= 4 is 12.2 Å². The van der Waals surface area contributed by atoms with Gasteiger partial charge in [0.05, 0.1) is 4.92 Å². The molecule has 6 N–H and O–H groups in total. The quantitative estimate of drug-likeness (QED) is 0.166. The van der Waals surface area contributed by atoms with Crippen molar-refractivity contribution in [3.05, 3.63) is 93.4 Å². The molecule has 4 atom stereocenters. The highest BCUT2D eigenvalue weighted by Gasteiger charge is 2.60. The number of hydrogen-bond acceptors (Lipinski definition) is 8. The molecule has 29 heavy (non-hydrogen) atoms. The largest absolute Gasteiger partial charge is 0.509 e. The molecule has 0 aliphatic carbocycles.